The average Bonchev–Trinajstić information content (AvgIpc) is 3.06. The van der Waals surface area contributed by atoms with Crippen molar-refractivity contribution in [3.8, 4) is 5.75 Å². The van der Waals surface area contributed by atoms with E-state index in [9.17, 15) is 4.79 Å². The number of hydrogen-bond acceptors (Lipinski definition) is 5. The quantitative estimate of drug-likeness (QED) is 0.623. The molecule has 0 fully saturated rings. The van der Waals surface area contributed by atoms with Gasteiger partial charge in [-0.05, 0) is 31.4 Å². The van der Waals surface area contributed by atoms with Gasteiger partial charge in [0, 0.05) is 25.0 Å². The number of halogens is 2. The predicted molar refractivity (Wildman–Crippen MR) is 121 cm³/mol. The van der Waals surface area contributed by atoms with E-state index < -0.39 is 0 Å². The molecule has 0 aliphatic rings. The van der Waals surface area contributed by atoms with Gasteiger partial charge in [0.1, 0.15) is 17.4 Å². The maximum absolute atomic E-state index is 12.3. The van der Waals surface area contributed by atoms with E-state index in [1.807, 2.05) is 43.6 Å². The fraction of sp³-hybridized carbons (Fsp3) is 0.500. The molecule has 2 N–H and O–H groups in total. The van der Waals surface area contributed by atoms with Crippen molar-refractivity contribution in [2.75, 3.05) is 13.6 Å². The molecule has 5 nitrogen and oxygen atoms in total. The summed E-state index contributed by atoms with van der Waals surface area (Å²) in [5, 5.41) is 2.80. The number of carbonyl (C=O) groups is 1. The standard InChI is InChI=1S/C20H29N3O2S.2ClH/c1-14(2)18(21)9-10-23(4)20(24)11-16-13-26-19(22-16)12-25-17-7-5-15(3)6-8-17;;/h5-8,13-14,18H,9-12,21H2,1-4H3;2*1H. The molecule has 1 heterocycles. The van der Waals surface area contributed by atoms with Crippen molar-refractivity contribution in [3.63, 3.8) is 0 Å². The van der Waals surface area contributed by atoms with Gasteiger partial charge in [-0.1, -0.05) is 31.5 Å². The van der Waals surface area contributed by atoms with Crippen LogP contribution in [0, 0.1) is 12.8 Å². The van der Waals surface area contributed by atoms with Crippen LogP contribution in [0.3, 0.4) is 0 Å². The summed E-state index contributed by atoms with van der Waals surface area (Å²) in [6.45, 7) is 7.33. The highest BCUT2D eigenvalue weighted by Crippen LogP contribution is 2.16. The number of likely N-dealkylation sites (N-methyl/N-ethyl adjacent to an activating group) is 1. The molecule has 0 aliphatic heterocycles. The van der Waals surface area contributed by atoms with Gasteiger partial charge < -0.3 is 15.4 Å². The molecule has 0 saturated carbocycles. The van der Waals surface area contributed by atoms with Crippen LogP contribution < -0.4 is 10.5 Å². The van der Waals surface area contributed by atoms with E-state index in [0.717, 1.165) is 22.9 Å². The minimum absolute atomic E-state index is 0. The third kappa shape index (κ3) is 8.78. The van der Waals surface area contributed by atoms with Gasteiger partial charge in [0.15, 0.2) is 0 Å². The lowest BCUT2D eigenvalue weighted by atomic mass is 10.0. The Labute approximate surface area is 184 Å². The van der Waals surface area contributed by atoms with E-state index in [2.05, 4.69) is 18.8 Å². The summed E-state index contributed by atoms with van der Waals surface area (Å²) in [5.41, 5.74) is 8.04. The zero-order valence-corrected chi connectivity index (χ0v) is 19.3. The van der Waals surface area contributed by atoms with Crippen LogP contribution in [-0.2, 0) is 17.8 Å². The van der Waals surface area contributed by atoms with Gasteiger partial charge >= 0.3 is 0 Å². The Morgan fingerprint density at radius 2 is 1.89 bits per heavy atom. The molecule has 2 rings (SSSR count). The van der Waals surface area contributed by atoms with Crippen LogP contribution in [0.2, 0.25) is 0 Å². The summed E-state index contributed by atoms with van der Waals surface area (Å²) >= 11 is 1.52. The summed E-state index contributed by atoms with van der Waals surface area (Å²) in [7, 11) is 1.82. The molecule has 1 atom stereocenters. The third-order valence-electron chi connectivity index (χ3n) is 4.39. The Bertz CT molecular complexity index is 708. The van der Waals surface area contributed by atoms with Crippen LogP contribution in [0.25, 0.3) is 0 Å². The highest BCUT2D eigenvalue weighted by Gasteiger charge is 2.15. The minimum Gasteiger partial charge on any atom is -0.486 e. The molecule has 0 spiro atoms. The molecule has 28 heavy (non-hydrogen) atoms. The first-order valence-electron chi connectivity index (χ1n) is 8.97. The van der Waals surface area contributed by atoms with Crippen molar-refractivity contribution >= 4 is 42.1 Å². The third-order valence-corrected chi connectivity index (χ3v) is 5.27. The second-order valence-electron chi connectivity index (χ2n) is 7.02. The smallest absolute Gasteiger partial charge is 0.228 e. The molecular weight excluding hydrogens is 417 g/mol. The van der Waals surface area contributed by atoms with E-state index in [1.165, 1.54) is 16.9 Å². The van der Waals surface area contributed by atoms with Crippen LogP contribution in [0.5, 0.6) is 5.75 Å². The van der Waals surface area contributed by atoms with Gasteiger partial charge in [-0.3, -0.25) is 4.79 Å². The van der Waals surface area contributed by atoms with E-state index in [0.29, 0.717) is 25.5 Å². The van der Waals surface area contributed by atoms with Gasteiger partial charge in [-0.15, -0.1) is 36.2 Å². The number of aryl methyl sites for hydroxylation is 1. The maximum atomic E-state index is 12.3. The van der Waals surface area contributed by atoms with Gasteiger partial charge in [0.25, 0.3) is 0 Å². The predicted octanol–water partition coefficient (Wildman–Crippen LogP) is 4.25. The lowest BCUT2D eigenvalue weighted by molar-refractivity contribution is -0.129. The number of hydrogen-bond donors (Lipinski definition) is 1. The first-order chi connectivity index (χ1) is 12.3. The van der Waals surface area contributed by atoms with E-state index >= 15 is 0 Å². The SMILES string of the molecule is Cc1ccc(OCc2nc(CC(=O)N(C)CCC(N)C(C)C)cs2)cc1.Cl.Cl. The molecule has 1 amide bonds. The van der Waals surface area contributed by atoms with Crippen molar-refractivity contribution < 1.29 is 9.53 Å². The zero-order valence-electron chi connectivity index (χ0n) is 16.9. The molecule has 158 valence electrons. The molecule has 8 heteroatoms. The molecule has 1 aromatic heterocycles. The number of thiazole rings is 1. The number of aromatic nitrogens is 1. The molecule has 0 saturated heterocycles. The van der Waals surface area contributed by atoms with E-state index in [-0.39, 0.29) is 36.8 Å². The monoisotopic (exact) mass is 447 g/mol. The van der Waals surface area contributed by atoms with E-state index in [4.69, 9.17) is 10.5 Å². The fourth-order valence-electron chi connectivity index (χ4n) is 2.37. The van der Waals surface area contributed by atoms with Crippen LogP contribution in [0.1, 0.15) is 36.5 Å². The van der Waals surface area contributed by atoms with Crippen molar-refractivity contribution in [1.82, 2.24) is 9.88 Å². The Morgan fingerprint density at radius 3 is 2.50 bits per heavy atom. The number of rotatable bonds is 9. The van der Waals surface area contributed by atoms with Crippen molar-refractivity contribution in [3.05, 3.63) is 45.9 Å². The first kappa shape index (κ1) is 26.7. The second kappa shape index (κ2) is 13.0. The fourth-order valence-corrected chi connectivity index (χ4v) is 3.07. The summed E-state index contributed by atoms with van der Waals surface area (Å²) in [6.07, 6.45) is 1.13. The number of ether oxygens (including phenoxy) is 1. The molecule has 1 unspecified atom stereocenters. The zero-order chi connectivity index (χ0) is 19.1. The highest BCUT2D eigenvalue weighted by molar-refractivity contribution is 7.09. The van der Waals surface area contributed by atoms with Crippen molar-refractivity contribution in [2.45, 2.75) is 46.3 Å². The Balaban J connectivity index is 0.00000364. The average molecular weight is 448 g/mol. The van der Waals surface area contributed by atoms with Crippen LogP contribution in [-0.4, -0.2) is 35.4 Å². The largest absolute Gasteiger partial charge is 0.486 e. The lowest BCUT2D eigenvalue weighted by Crippen LogP contribution is -2.35. The van der Waals surface area contributed by atoms with Gasteiger partial charge in [-0.25, -0.2) is 4.98 Å². The van der Waals surface area contributed by atoms with Crippen molar-refractivity contribution in [1.29, 1.82) is 0 Å². The normalized spacial score (nSPS) is 11.4. The number of benzene rings is 1. The number of nitrogens with zero attached hydrogens (tertiary/aromatic N) is 2. The molecule has 0 aliphatic carbocycles. The number of amides is 1. The van der Waals surface area contributed by atoms with Crippen LogP contribution in [0.15, 0.2) is 29.6 Å². The Kier molecular flexibility index (Phi) is 12.4. The number of carbonyl (C=O) groups excluding carboxylic acids is 1. The van der Waals surface area contributed by atoms with Crippen LogP contribution >= 0.6 is 36.2 Å². The van der Waals surface area contributed by atoms with Gasteiger partial charge in [-0.2, -0.15) is 0 Å². The Hall–Kier alpha value is -1.34. The lowest BCUT2D eigenvalue weighted by Gasteiger charge is -2.21. The first-order valence-corrected chi connectivity index (χ1v) is 9.85. The Morgan fingerprint density at radius 1 is 1.25 bits per heavy atom. The summed E-state index contributed by atoms with van der Waals surface area (Å²) < 4.78 is 5.74. The van der Waals surface area contributed by atoms with E-state index in [1.54, 1.807) is 4.90 Å². The molecule has 0 bridgehead atoms. The molecule has 1 aromatic carbocycles. The summed E-state index contributed by atoms with van der Waals surface area (Å²) in [4.78, 5) is 18.6. The molecule has 0 radical (unpaired) electrons. The summed E-state index contributed by atoms with van der Waals surface area (Å²) in [6, 6.07) is 8.05. The second-order valence-corrected chi connectivity index (χ2v) is 7.97. The van der Waals surface area contributed by atoms with Gasteiger partial charge in [0.2, 0.25) is 5.91 Å². The molecular formula is C20H31Cl2N3O2S. The highest BCUT2D eigenvalue weighted by atomic mass is 35.5. The number of nitrogens with two attached hydrogens (primary N) is 1. The van der Waals surface area contributed by atoms with Crippen LogP contribution in [0.4, 0.5) is 0 Å². The van der Waals surface area contributed by atoms with Gasteiger partial charge in [0.05, 0.1) is 12.1 Å². The molecule has 2 aromatic rings. The summed E-state index contributed by atoms with van der Waals surface area (Å²) in [5.74, 6) is 1.31. The topological polar surface area (TPSA) is 68.5 Å². The minimum atomic E-state index is 0. The maximum Gasteiger partial charge on any atom is 0.228 e. The van der Waals surface area contributed by atoms with Crippen molar-refractivity contribution in [2.24, 2.45) is 11.7 Å².